The Morgan fingerprint density at radius 3 is 2.19 bits per heavy atom. The van der Waals surface area contributed by atoms with Crippen LogP contribution in [0.25, 0.3) is 0 Å². The predicted octanol–water partition coefficient (Wildman–Crippen LogP) is 3.55. The van der Waals surface area contributed by atoms with Crippen molar-refractivity contribution in [1.29, 1.82) is 0 Å². The van der Waals surface area contributed by atoms with Crippen LogP contribution in [0.2, 0.25) is 0 Å². The molecule has 5 N–H and O–H groups in total. The van der Waals surface area contributed by atoms with Crippen LogP contribution in [0, 0.1) is 5.92 Å². The van der Waals surface area contributed by atoms with Gasteiger partial charge in [-0.1, -0.05) is 18.2 Å². The highest BCUT2D eigenvalue weighted by Crippen LogP contribution is 2.43. The second-order valence-corrected chi connectivity index (χ2v) is 7.81. The first-order valence-corrected chi connectivity index (χ1v) is 10.3. The van der Waals surface area contributed by atoms with Crippen molar-refractivity contribution in [2.24, 2.45) is 21.7 Å². The smallest absolute Gasteiger partial charge is 0.316 e. The van der Waals surface area contributed by atoms with Crippen LogP contribution in [-0.2, 0) is 4.79 Å². The van der Waals surface area contributed by atoms with E-state index in [0.29, 0.717) is 23.0 Å². The highest BCUT2D eigenvalue weighted by molar-refractivity contribution is 6.40. The summed E-state index contributed by atoms with van der Waals surface area (Å²) >= 11 is 0. The summed E-state index contributed by atoms with van der Waals surface area (Å²) in [4.78, 5) is 33.9. The number of amides is 3. The number of aliphatic imine (C=N–C) groups is 2. The van der Waals surface area contributed by atoms with Crippen LogP contribution in [-0.4, -0.2) is 28.6 Å². The summed E-state index contributed by atoms with van der Waals surface area (Å²) in [6, 6.07) is 15.6. The van der Waals surface area contributed by atoms with Gasteiger partial charge in [0.2, 0.25) is 5.70 Å². The number of amidine groups is 1. The lowest BCUT2D eigenvalue weighted by molar-refractivity contribution is -0.749. The number of quaternary nitrogens is 1. The molecule has 160 valence electrons. The highest BCUT2D eigenvalue weighted by Gasteiger charge is 2.50. The van der Waals surface area contributed by atoms with Crippen LogP contribution in [0.5, 0.6) is 0 Å². The number of nitrogens with zero attached hydrogens (tertiary/aromatic N) is 3. The van der Waals surface area contributed by atoms with Crippen molar-refractivity contribution < 1.29 is 14.2 Å². The minimum Gasteiger partial charge on any atom is -0.316 e. The largest absolute Gasteiger partial charge is 0.333 e. The molecule has 0 aromatic heterocycles. The number of urea groups is 1. The molecule has 32 heavy (non-hydrogen) atoms. The Hall–Kier alpha value is -4.08. The zero-order valence-corrected chi connectivity index (χ0v) is 17.2. The molecule has 2 aliphatic heterocycles. The van der Waals surface area contributed by atoms with Crippen molar-refractivity contribution in [3.05, 3.63) is 78.4 Å². The number of nitrogens with one attached hydrogen (secondary N) is 3. The Labute approximate surface area is 184 Å². The van der Waals surface area contributed by atoms with E-state index < -0.39 is 0 Å². The number of carbonyl (C=O) groups is 2. The molecule has 1 unspecified atom stereocenters. The molecule has 0 radical (unpaired) electrons. The topological polar surface area (TPSA) is 121 Å². The zero-order valence-electron chi connectivity index (χ0n) is 17.2. The molecular formula is C23H22N7O2+. The summed E-state index contributed by atoms with van der Waals surface area (Å²) in [6.07, 6.45) is 6.99. The Bertz CT molecular complexity index is 1190. The molecule has 2 aromatic rings. The second-order valence-electron chi connectivity index (χ2n) is 7.81. The average Bonchev–Trinajstić information content (AvgIpc) is 3.58. The van der Waals surface area contributed by atoms with Crippen molar-refractivity contribution >= 4 is 41.1 Å². The van der Waals surface area contributed by atoms with Crippen molar-refractivity contribution in [2.45, 2.75) is 12.8 Å². The minimum absolute atomic E-state index is 0.203. The number of para-hydroxylation sites is 1. The van der Waals surface area contributed by atoms with Gasteiger partial charge < -0.3 is 16.0 Å². The fraction of sp³-hybridized carbons (Fsp3) is 0.130. The van der Waals surface area contributed by atoms with E-state index in [2.05, 4.69) is 25.9 Å². The lowest BCUT2D eigenvalue weighted by atomic mass is 10.2. The van der Waals surface area contributed by atoms with Gasteiger partial charge in [0.05, 0.1) is 12.4 Å². The molecule has 3 amide bonds. The van der Waals surface area contributed by atoms with Crippen molar-refractivity contribution in [2.75, 3.05) is 16.0 Å². The number of rotatable bonds is 5. The molecule has 2 aromatic carbocycles. The summed E-state index contributed by atoms with van der Waals surface area (Å²) in [6.45, 7) is 0. The fourth-order valence-corrected chi connectivity index (χ4v) is 3.64. The number of carbonyl (C=O) groups excluding carboxylic acids is 2. The third-order valence-electron chi connectivity index (χ3n) is 5.42. The van der Waals surface area contributed by atoms with E-state index in [-0.39, 0.29) is 22.4 Å². The van der Waals surface area contributed by atoms with Gasteiger partial charge in [0, 0.05) is 23.0 Å². The molecule has 0 spiro atoms. The molecule has 1 aliphatic carbocycles. The van der Waals surface area contributed by atoms with Crippen LogP contribution in [0.1, 0.15) is 12.8 Å². The standard InChI is InChI=1S/C23H21N7O2/c24-30-13-12-25-14-19(30)20(15-6-7-15)29-21(30)22(31)26-17-8-10-18(11-9-17)28-23(32)27-16-4-2-1-3-5-16/h1-5,8-15H,6-7,24H2,(H2-,25,26,27,28,29,31,32)/p+1. The number of fused-ring (bicyclic) bond motifs is 1. The van der Waals surface area contributed by atoms with Crippen LogP contribution in [0.4, 0.5) is 21.9 Å². The lowest BCUT2D eigenvalue weighted by Crippen LogP contribution is -2.56. The van der Waals surface area contributed by atoms with E-state index in [4.69, 9.17) is 5.84 Å². The Morgan fingerprint density at radius 2 is 1.53 bits per heavy atom. The van der Waals surface area contributed by atoms with E-state index in [1.165, 1.54) is 0 Å². The van der Waals surface area contributed by atoms with E-state index >= 15 is 0 Å². The minimum atomic E-state index is -0.386. The van der Waals surface area contributed by atoms with Gasteiger partial charge in [-0.2, -0.15) is 10.8 Å². The normalized spacial score (nSPS) is 21.1. The molecule has 0 saturated heterocycles. The molecule has 3 aliphatic rings. The summed E-state index contributed by atoms with van der Waals surface area (Å²) in [5, 5.41) is 8.35. The fourth-order valence-electron chi connectivity index (χ4n) is 3.64. The summed E-state index contributed by atoms with van der Waals surface area (Å²) in [5.41, 5.74) is 3.43. The maximum atomic E-state index is 13.0. The van der Waals surface area contributed by atoms with Crippen molar-refractivity contribution in [1.82, 2.24) is 0 Å². The van der Waals surface area contributed by atoms with Gasteiger partial charge in [0.25, 0.3) is 0 Å². The van der Waals surface area contributed by atoms with E-state index in [0.717, 1.165) is 24.2 Å². The van der Waals surface area contributed by atoms with E-state index in [1.54, 1.807) is 55.0 Å². The predicted molar refractivity (Wildman–Crippen MR) is 123 cm³/mol. The SMILES string of the molecule is N[N+]12C=CN=CC1=C(C1CC1)N=C2C(=O)Nc1ccc(NC(=O)Nc2ccccc2)cc1. The lowest BCUT2D eigenvalue weighted by Gasteiger charge is -2.25. The zero-order chi connectivity index (χ0) is 22.1. The monoisotopic (exact) mass is 428 g/mol. The van der Waals surface area contributed by atoms with Crippen LogP contribution < -0.4 is 21.8 Å². The molecule has 9 nitrogen and oxygen atoms in total. The van der Waals surface area contributed by atoms with E-state index in [1.807, 2.05) is 18.2 Å². The maximum absolute atomic E-state index is 13.0. The number of hydrogen-bond donors (Lipinski definition) is 4. The van der Waals surface area contributed by atoms with Gasteiger partial charge >= 0.3 is 17.8 Å². The molecular weight excluding hydrogens is 406 g/mol. The molecule has 9 heteroatoms. The summed E-state index contributed by atoms with van der Waals surface area (Å²) in [5.74, 6) is 6.67. The van der Waals surface area contributed by atoms with Gasteiger partial charge in [0.15, 0.2) is 0 Å². The molecule has 1 atom stereocenters. The summed E-state index contributed by atoms with van der Waals surface area (Å²) in [7, 11) is 0. The van der Waals surface area contributed by atoms with Gasteiger partial charge in [0.1, 0.15) is 11.9 Å². The van der Waals surface area contributed by atoms with Crippen LogP contribution >= 0.6 is 0 Å². The third-order valence-corrected chi connectivity index (χ3v) is 5.42. The number of hydrogen-bond acceptors (Lipinski definition) is 5. The molecule has 1 saturated carbocycles. The average molecular weight is 428 g/mol. The summed E-state index contributed by atoms with van der Waals surface area (Å²) < 4.78 is -0.277. The van der Waals surface area contributed by atoms with Crippen LogP contribution in [0.15, 0.2) is 88.4 Å². The Kier molecular flexibility index (Phi) is 4.89. The second kappa shape index (κ2) is 7.88. The van der Waals surface area contributed by atoms with E-state index in [9.17, 15) is 9.59 Å². The van der Waals surface area contributed by atoms with Gasteiger partial charge in [-0.05, 0) is 49.2 Å². The first kappa shape index (κ1) is 19.9. The number of benzene rings is 2. The van der Waals surface area contributed by atoms with Crippen molar-refractivity contribution in [3.63, 3.8) is 0 Å². The molecule has 2 heterocycles. The Morgan fingerprint density at radius 1 is 0.906 bits per heavy atom. The quantitative estimate of drug-likeness (QED) is 0.430. The molecule has 0 bridgehead atoms. The number of allylic oxidation sites excluding steroid dienone is 2. The first-order chi connectivity index (χ1) is 15.5. The third kappa shape index (κ3) is 3.82. The maximum Gasteiger partial charge on any atom is 0.333 e. The van der Waals surface area contributed by atoms with Crippen LogP contribution in [0.3, 0.4) is 0 Å². The highest BCUT2D eigenvalue weighted by atomic mass is 16.2. The number of anilines is 3. The first-order valence-electron chi connectivity index (χ1n) is 10.3. The van der Waals surface area contributed by atoms with Gasteiger partial charge in [-0.25, -0.2) is 4.79 Å². The van der Waals surface area contributed by atoms with Gasteiger partial charge in [-0.3, -0.25) is 9.79 Å². The molecule has 5 rings (SSSR count). The number of nitrogens with two attached hydrogens (primary N) is 1. The Balaban J connectivity index is 1.24. The van der Waals surface area contributed by atoms with Gasteiger partial charge in [-0.15, -0.1) is 4.59 Å². The van der Waals surface area contributed by atoms with Crippen molar-refractivity contribution in [3.8, 4) is 0 Å². The molecule has 1 fully saturated rings.